The summed E-state index contributed by atoms with van der Waals surface area (Å²) in [5.41, 5.74) is 1.89. The van der Waals surface area contributed by atoms with E-state index in [-0.39, 0.29) is 11.5 Å². The van der Waals surface area contributed by atoms with Crippen LogP contribution in [0.2, 0.25) is 10.0 Å². The number of rotatable bonds is 3. The average Bonchev–Trinajstić information content (AvgIpc) is 3.00. The van der Waals surface area contributed by atoms with E-state index in [9.17, 15) is 13.2 Å². The van der Waals surface area contributed by atoms with E-state index >= 15 is 0 Å². The van der Waals surface area contributed by atoms with Gasteiger partial charge < -0.3 is 5.32 Å². The molecule has 0 amide bonds. The lowest BCUT2D eigenvalue weighted by molar-refractivity contribution is -0.137. The van der Waals surface area contributed by atoms with Crippen LogP contribution in [0.4, 0.5) is 24.7 Å². The molecule has 0 atom stereocenters. The molecule has 0 aliphatic rings. The van der Waals surface area contributed by atoms with Crippen LogP contribution < -0.4 is 5.32 Å². The second kappa shape index (κ2) is 7.45. The third-order valence-corrected chi connectivity index (χ3v) is 5.07. The number of halogens is 5. The van der Waals surface area contributed by atoms with Crippen LogP contribution >= 0.6 is 23.2 Å². The molecule has 2 aromatic heterocycles. The predicted molar refractivity (Wildman–Crippen MR) is 111 cm³/mol. The van der Waals surface area contributed by atoms with Gasteiger partial charge in [-0.05, 0) is 50.2 Å². The SMILES string of the molecule is Cc1cc(C)n(-c2nc3cc(Cl)c(Cl)cc3nc2Nc2cccc(C(F)(F)F)c2)n1. The van der Waals surface area contributed by atoms with Gasteiger partial charge in [-0.3, -0.25) is 0 Å². The molecule has 4 rings (SSSR count). The fourth-order valence-electron chi connectivity index (χ4n) is 3.03. The number of aryl methyl sites for hydroxylation is 2. The molecule has 2 heterocycles. The summed E-state index contributed by atoms with van der Waals surface area (Å²) in [5.74, 6) is 0.551. The lowest BCUT2D eigenvalue weighted by Crippen LogP contribution is -2.10. The molecule has 0 saturated heterocycles. The zero-order valence-electron chi connectivity index (χ0n) is 15.7. The highest BCUT2D eigenvalue weighted by Gasteiger charge is 2.30. The van der Waals surface area contributed by atoms with Crippen molar-refractivity contribution < 1.29 is 13.2 Å². The van der Waals surface area contributed by atoms with Gasteiger partial charge in [0.15, 0.2) is 11.6 Å². The van der Waals surface area contributed by atoms with Gasteiger partial charge >= 0.3 is 6.18 Å². The highest BCUT2D eigenvalue weighted by molar-refractivity contribution is 6.42. The lowest BCUT2D eigenvalue weighted by Gasteiger charge is -2.14. The van der Waals surface area contributed by atoms with Crippen molar-refractivity contribution in [2.45, 2.75) is 20.0 Å². The molecule has 4 aromatic rings. The molecule has 10 heteroatoms. The second-order valence-corrected chi connectivity index (χ2v) is 7.51. The van der Waals surface area contributed by atoms with E-state index < -0.39 is 11.7 Å². The van der Waals surface area contributed by atoms with Crippen LogP contribution in [0.1, 0.15) is 17.0 Å². The Hall–Kier alpha value is -2.84. The van der Waals surface area contributed by atoms with Crippen molar-refractivity contribution >= 4 is 45.7 Å². The summed E-state index contributed by atoms with van der Waals surface area (Å²) >= 11 is 12.2. The molecule has 0 unspecified atom stereocenters. The van der Waals surface area contributed by atoms with Crippen molar-refractivity contribution in [2.24, 2.45) is 0 Å². The first kappa shape index (κ1) is 20.4. The first-order valence-corrected chi connectivity index (χ1v) is 9.52. The Morgan fingerprint density at radius 3 is 2.20 bits per heavy atom. The van der Waals surface area contributed by atoms with Crippen LogP contribution in [0, 0.1) is 13.8 Å². The topological polar surface area (TPSA) is 55.6 Å². The molecule has 154 valence electrons. The van der Waals surface area contributed by atoms with E-state index in [0.29, 0.717) is 26.9 Å². The molecule has 5 nitrogen and oxygen atoms in total. The Bertz CT molecular complexity index is 1270. The van der Waals surface area contributed by atoms with E-state index in [0.717, 1.165) is 23.5 Å². The van der Waals surface area contributed by atoms with Gasteiger partial charge in [-0.2, -0.15) is 18.3 Å². The maximum absolute atomic E-state index is 13.1. The lowest BCUT2D eigenvalue weighted by atomic mass is 10.2. The minimum Gasteiger partial charge on any atom is -0.337 e. The average molecular weight is 452 g/mol. The third kappa shape index (κ3) is 3.93. The smallest absolute Gasteiger partial charge is 0.337 e. The van der Waals surface area contributed by atoms with Gasteiger partial charge in [-0.15, -0.1) is 0 Å². The molecule has 0 aliphatic heterocycles. The molecule has 0 aliphatic carbocycles. The molecule has 0 radical (unpaired) electrons. The maximum atomic E-state index is 13.1. The van der Waals surface area contributed by atoms with Crippen LogP contribution in [-0.2, 0) is 6.18 Å². The monoisotopic (exact) mass is 451 g/mol. The summed E-state index contributed by atoms with van der Waals surface area (Å²) in [6.45, 7) is 3.67. The largest absolute Gasteiger partial charge is 0.416 e. The minimum absolute atomic E-state index is 0.210. The van der Waals surface area contributed by atoms with Crippen molar-refractivity contribution in [1.82, 2.24) is 19.7 Å². The summed E-state index contributed by atoms with van der Waals surface area (Å²) in [5, 5.41) is 7.97. The second-order valence-electron chi connectivity index (χ2n) is 6.69. The third-order valence-electron chi connectivity index (χ3n) is 4.35. The van der Waals surface area contributed by atoms with Gasteiger partial charge in [0.2, 0.25) is 0 Å². The summed E-state index contributed by atoms with van der Waals surface area (Å²) in [7, 11) is 0. The minimum atomic E-state index is -4.46. The van der Waals surface area contributed by atoms with Crippen molar-refractivity contribution in [3.05, 3.63) is 69.5 Å². The standard InChI is InChI=1S/C20H14Cl2F3N5/c1-10-6-11(2)30(29-10)19-18(26-13-5-3-4-12(7-13)20(23,24)25)27-16-8-14(21)15(22)9-17(16)28-19/h3-9H,1-2H3,(H,26,27). The van der Waals surface area contributed by atoms with Crippen LogP contribution in [0.5, 0.6) is 0 Å². The Morgan fingerprint density at radius 2 is 1.60 bits per heavy atom. The van der Waals surface area contributed by atoms with Crippen LogP contribution in [0.15, 0.2) is 42.5 Å². The normalized spacial score (nSPS) is 11.8. The number of anilines is 2. The summed E-state index contributed by atoms with van der Waals surface area (Å²) < 4.78 is 40.9. The number of nitrogens with zero attached hydrogens (tertiary/aromatic N) is 4. The first-order chi connectivity index (χ1) is 14.1. The van der Waals surface area contributed by atoms with E-state index in [2.05, 4.69) is 20.4 Å². The van der Waals surface area contributed by atoms with Gasteiger partial charge in [-0.1, -0.05) is 29.3 Å². The van der Waals surface area contributed by atoms with Gasteiger partial charge in [0.25, 0.3) is 0 Å². The fourth-order valence-corrected chi connectivity index (χ4v) is 3.34. The van der Waals surface area contributed by atoms with Crippen LogP contribution in [0.25, 0.3) is 16.9 Å². The van der Waals surface area contributed by atoms with Gasteiger partial charge in [-0.25, -0.2) is 14.6 Å². The highest BCUT2D eigenvalue weighted by Crippen LogP contribution is 2.33. The summed E-state index contributed by atoms with van der Waals surface area (Å²) in [4.78, 5) is 9.13. The van der Waals surface area contributed by atoms with E-state index in [4.69, 9.17) is 23.2 Å². The Balaban J connectivity index is 1.90. The molecule has 0 bridgehead atoms. The van der Waals surface area contributed by atoms with Gasteiger partial charge in [0.05, 0.1) is 32.3 Å². The predicted octanol–water partition coefficient (Wildman–Crippen LogP) is 6.50. The Kier molecular flexibility index (Phi) is 5.07. The molecule has 2 aromatic carbocycles. The number of fused-ring (bicyclic) bond motifs is 1. The Labute approximate surface area is 179 Å². The van der Waals surface area contributed by atoms with E-state index in [1.807, 2.05) is 19.9 Å². The maximum Gasteiger partial charge on any atom is 0.416 e. The molecular formula is C20H14Cl2F3N5. The number of hydrogen-bond donors (Lipinski definition) is 1. The highest BCUT2D eigenvalue weighted by atomic mass is 35.5. The zero-order valence-corrected chi connectivity index (χ0v) is 17.2. The van der Waals surface area contributed by atoms with Crippen molar-refractivity contribution in [2.75, 3.05) is 5.32 Å². The first-order valence-electron chi connectivity index (χ1n) is 8.76. The van der Waals surface area contributed by atoms with E-state index in [1.54, 1.807) is 16.8 Å². The van der Waals surface area contributed by atoms with Gasteiger partial charge in [0, 0.05) is 11.4 Å². The fraction of sp³-hybridized carbons (Fsp3) is 0.150. The number of hydrogen-bond acceptors (Lipinski definition) is 4. The Morgan fingerprint density at radius 1 is 0.933 bits per heavy atom. The molecule has 0 saturated carbocycles. The molecule has 30 heavy (non-hydrogen) atoms. The molecular weight excluding hydrogens is 438 g/mol. The van der Waals surface area contributed by atoms with Crippen molar-refractivity contribution in [3.63, 3.8) is 0 Å². The zero-order chi connectivity index (χ0) is 21.6. The van der Waals surface area contributed by atoms with Crippen LogP contribution in [0.3, 0.4) is 0 Å². The van der Waals surface area contributed by atoms with Gasteiger partial charge in [0.1, 0.15) is 0 Å². The van der Waals surface area contributed by atoms with Crippen LogP contribution in [-0.4, -0.2) is 19.7 Å². The van der Waals surface area contributed by atoms with Crippen molar-refractivity contribution in [1.29, 1.82) is 0 Å². The number of nitrogens with one attached hydrogen (secondary N) is 1. The van der Waals surface area contributed by atoms with E-state index in [1.165, 1.54) is 12.1 Å². The summed E-state index contributed by atoms with van der Waals surface area (Å²) in [6, 6.07) is 9.82. The van der Waals surface area contributed by atoms with Crippen molar-refractivity contribution in [3.8, 4) is 5.82 Å². The molecule has 0 spiro atoms. The molecule has 1 N–H and O–H groups in total. The number of benzene rings is 2. The molecule has 0 fully saturated rings. The summed E-state index contributed by atoms with van der Waals surface area (Å²) in [6.07, 6.45) is -4.46. The number of alkyl halides is 3. The quantitative estimate of drug-likeness (QED) is 0.386. The number of aromatic nitrogens is 4.